The number of benzene rings is 1. The van der Waals surface area contributed by atoms with Crippen LogP contribution in [-0.2, 0) is 10.0 Å². The average Bonchev–Trinajstić information content (AvgIpc) is 2.00. The standard InChI is InChI=1S/C8H10N2O4S/c1-5-3-4-7(15(9,13)14)6(2)8(5)10(11)12/h3-4H,1-2H3,(H2,9,13,14). The summed E-state index contributed by atoms with van der Waals surface area (Å²) < 4.78 is 22.2. The molecular weight excluding hydrogens is 220 g/mol. The summed E-state index contributed by atoms with van der Waals surface area (Å²) >= 11 is 0. The van der Waals surface area contributed by atoms with E-state index in [1.54, 1.807) is 0 Å². The Labute approximate surface area is 86.9 Å². The maximum atomic E-state index is 11.1. The van der Waals surface area contributed by atoms with Crippen LogP contribution in [0.2, 0.25) is 0 Å². The van der Waals surface area contributed by atoms with Gasteiger partial charge >= 0.3 is 0 Å². The largest absolute Gasteiger partial charge is 0.276 e. The van der Waals surface area contributed by atoms with Gasteiger partial charge in [-0.1, -0.05) is 6.07 Å². The van der Waals surface area contributed by atoms with Crippen molar-refractivity contribution in [2.75, 3.05) is 0 Å². The molecule has 0 aliphatic carbocycles. The third kappa shape index (κ3) is 2.13. The van der Waals surface area contributed by atoms with E-state index in [4.69, 9.17) is 5.14 Å². The highest BCUT2D eigenvalue weighted by Gasteiger charge is 2.22. The summed E-state index contributed by atoms with van der Waals surface area (Å²) in [6, 6.07) is 2.64. The van der Waals surface area contributed by atoms with Crippen molar-refractivity contribution < 1.29 is 13.3 Å². The number of rotatable bonds is 2. The van der Waals surface area contributed by atoms with E-state index in [0.717, 1.165) is 0 Å². The van der Waals surface area contributed by atoms with Gasteiger partial charge < -0.3 is 0 Å². The molecule has 82 valence electrons. The van der Waals surface area contributed by atoms with E-state index >= 15 is 0 Å². The molecule has 0 amide bonds. The molecule has 1 aromatic carbocycles. The van der Waals surface area contributed by atoms with E-state index in [0.29, 0.717) is 5.56 Å². The molecule has 2 N–H and O–H groups in total. The predicted molar refractivity (Wildman–Crippen MR) is 53.9 cm³/mol. The van der Waals surface area contributed by atoms with Gasteiger partial charge in [0.25, 0.3) is 5.69 Å². The quantitative estimate of drug-likeness (QED) is 0.601. The molecule has 0 atom stereocenters. The van der Waals surface area contributed by atoms with Crippen LogP contribution in [-0.4, -0.2) is 13.3 Å². The zero-order valence-corrected chi connectivity index (χ0v) is 9.04. The smallest absolute Gasteiger partial charge is 0.258 e. The summed E-state index contributed by atoms with van der Waals surface area (Å²) in [6.07, 6.45) is 0. The third-order valence-electron chi connectivity index (χ3n) is 2.07. The Bertz CT molecular complexity index is 522. The van der Waals surface area contributed by atoms with Gasteiger partial charge in [-0.25, -0.2) is 13.6 Å². The lowest BCUT2D eigenvalue weighted by atomic mass is 10.1. The molecule has 1 rings (SSSR count). The van der Waals surface area contributed by atoms with Crippen molar-refractivity contribution in [2.45, 2.75) is 18.7 Å². The molecule has 0 bridgehead atoms. The van der Waals surface area contributed by atoms with Gasteiger partial charge in [0.1, 0.15) is 0 Å². The van der Waals surface area contributed by atoms with Crippen LogP contribution in [0.5, 0.6) is 0 Å². The van der Waals surface area contributed by atoms with Crippen molar-refractivity contribution in [3.63, 3.8) is 0 Å². The van der Waals surface area contributed by atoms with Gasteiger partial charge in [0.15, 0.2) is 0 Å². The van der Waals surface area contributed by atoms with E-state index in [1.807, 2.05) is 0 Å². The Morgan fingerprint density at radius 1 is 1.33 bits per heavy atom. The zero-order valence-electron chi connectivity index (χ0n) is 8.22. The van der Waals surface area contributed by atoms with Crippen molar-refractivity contribution >= 4 is 15.7 Å². The van der Waals surface area contributed by atoms with Crippen molar-refractivity contribution in [1.82, 2.24) is 0 Å². The summed E-state index contributed by atoms with van der Waals surface area (Å²) in [5.74, 6) is 0. The molecule has 0 radical (unpaired) electrons. The molecule has 0 saturated heterocycles. The number of aryl methyl sites for hydroxylation is 1. The number of sulfonamides is 1. The summed E-state index contributed by atoms with van der Waals surface area (Å²) in [6.45, 7) is 2.91. The molecule has 0 saturated carbocycles. The summed E-state index contributed by atoms with van der Waals surface area (Å²) in [5, 5.41) is 15.6. The van der Waals surface area contributed by atoms with Gasteiger partial charge in [0.05, 0.1) is 9.82 Å². The number of nitrogens with two attached hydrogens (primary N) is 1. The van der Waals surface area contributed by atoms with Crippen LogP contribution < -0.4 is 5.14 Å². The molecule has 0 fully saturated rings. The summed E-state index contributed by atoms with van der Waals surface area (Å²) in [7, 11) is -3.91. The van der Waals surface area contributed by atoms with Crippen LogP contribution in [0.15, 0.2) is 17.0 Å². The van der Waals surface area contributed by atoms with Gasteiger partial charge in [-0.2, -0.15) is 0 Å². The first kappa shape index (κ1) is 11.6. The second-order valence-corrected chi connectivity index (χ2v) is 4.69. The molecule has 0 unspecified atom stereocenters. The van der Waals surface area contributed by atoms with Crippen LogP contribution in [0.3, 0.4) is 0 Å². The van der Waals surface area contributed by atoms with E-state index in [1.165, 1.54) is 26.0 Å². The Morgan fingerprint density at radius 2 is 1.87 bits per heavy atom. The number of hydrogen-bond acceptors (Lipinski definition) is 4. The van der Waals surface area contributed by atoms with Crippen LogP contribution in [0.25, 0.3) is 0 Å². The van der Waals surface area contributed by atoms with Crippen molar-refractivity contribution in [3.8, 4) is 0 Å². The number of hydrogen-bond donors (Lipinski definition) is 1. The number of nitrogens with zero attached hydrogens (tertiary/aromatic N) is 1. The fourth-order valence-electron chi connectivity index (χ4n) is 1.41. The third-order valence-corrected chi connectivity index (χ3v) is 3.13. The van der Waals surface area contributed by atoms with E-state index < -0.39 is 14.9 Å². The van der Waals surface area contributed by atoms with Gasteiger partial charge in [-0.3, -0.25) is 10.1 Å². The minimum Gasteiger partial charge on any atom is -0.258 e. The fraction of sp³-hybridized carbons (Fsp3) is 0.250. The van der Waals surface area contributed by atoms with Crippen LogP contribution in [0, 0.1) is 24.0 Å². The average molecular weight is 230 g/mol. The molecule has 0 heterocycles. The molecule has 0 aliphatic heterocycles. The number of nitro groups is 1. The molecule has 6 nitrogen and oxygen atoms in total. The Kier molecular flexibility index (Phi) is 2.78. The van der Waals surface area contributed by atoms with Crippen molar-refractivity contribution in [2.24, 2.45) is 5.14 Å². The Morgan fingerprint density at radius 3 is 2.27 bits per heavy atom. The topological polar surface area (TPSA) is 103 Å². The first-order chi connectivity index (χ1) is 6.75. The molecule has 0 spiro atoms. The van der Waals surface area contributed by atoms with Crippen LogP contribution >= 0.6 is 0 Å². The molecule has 15 heavy (non-hydrogen) atoms. The fourth-order valence-corrected chi connectivity index (χ4v) is 2.19. The van der Waals surface area contributed by atoms with Crippen molar-refractivity contribution in [3.05, 3.63) is 33.4 Å². The second kappa shape index (κ2) is 3.59. The van der Waals surface area contributed by atoms with Crippen LogP contribution in [0.1, 0.15) is 11.1 Å². The van der Waals surface area contributed by atoms with E-state index in [2.05, 4.69) is 0 Å². The maximum absolute atomic E-state index is 11.1. The Balaban J connectivity index is 3.64. The summed E-state index contributed by atoms with van der Waals surface area (Å²) in [4.78, 5) is 9.87. The lowest BCUT2D eigenvalue weighted by molar-refractivity contribution is -0.386. The highest BCUT2D eigenvalue weighted by atomic mass is 32.2. The lowest BCUT2D eigenvalue weighted by Crippen LogP contribution is -2.14. The number of nitro benzene ring substituents is 1. The first-order valence-electron chi connectivity index (χ1n) is 4.02. The lowest BCUT2D eigenvalue weighted by Gasteiger charge is -2.05. The van der Waals surface area contributed by atoms with Crippen LogP contribution in [0.4, 0.5) is 5.69 Å². The van der Waals surface area contributed by atoms with Crippen molar-refractivity contribution in [1.29, 1.82) is 0 Å². The molecule has 1 aromatic rings. The minimum atomic E-state index is -3.91. The van der Waals surface area contributed by atoms with Gasteiger partial charge in [0, 0.05) is 11.1 Å². The molecular formula is C8H10N2O4S. The normalized spacial score (nSPS) is 11.4. The zero-order chi connectivity index (χ0) is 11.8. The monoisotopic (exact) mass is 230 g/mol. The van der Waals surface area contributed by atoms with E-state index in [-0.39, 0.29) is 16.1 Å². The molecule has 0 aromatic heterocycles. The number of primary sulfonamides is 1. The van der Waals surface area contributed by atoms with Gasteiger partial charge in [-0.05, 0) is 19.9 Å². The van der Waals surface area contributed by atoms with Gasteiger partial charge in [0.2, 0.25) is 10.0 Å². The molecule has 7 heteroatoms. The van der Waals surface area contributed by atoms with E-state index in [9.17, 15) is 18.5 Å². The molecule has 0 aliphatic rings. The maximum Gasteiger partial charge on any atom is 0.276 e. The summed E-state index contributed by atoms with van der Waals surface area (Å²) in [5.41, 5.74) is 0.272. The van der Waals surface area contributed by atoms with Gasteiger partial charge in [-0.15, -0.1) is 0 Å². The second-order valence-electron chi connectivity index (χ2n) is 3.16. The SMILES string of the molecule is Cc1ccc(S(N)(=O)=O)c(C)c1[N+](=O)[O-]. The minimum absolute atomic E-state index is 0.0718. The Hall–Kier alpha value is -1.47. The first-order valence-corrected chi connectivity index (χ1v) is 5.57. The highest BCUT2D eigenvalue weighted by Crippen LogP contribution is 2.27. The predicted octanol–water partition coefficient (Wildman–Crippen LogP) is 0.859. The highest BCUT2D eigenvalue weighted by molar-refractivity contribution is 7.89.